The number of nitro groups is 1. The second kappa shape index (κ2) is 5.75. The van der Waals surface area contributed by atoms with Crippen molar-refractivity contribution in [1.29, 1.82) is 10.5 Å². The van der Waals surface area contributed by atoms with Gasteiger partial charge in [0, 0.05) is 12.1 Å². The first-order valence-corrected chi connectivity index (χ1v) is 6.13. The molecule has 0 aliphatic carbocycles. The number of rotatable bonds is 4. The summed E-state index contributed by atoms with van der Waals surface area (Å²) in [7, 11) is -4.75. The van der Waals surface area contributed by atoms with Gasteiger partial charge in [-0.1, -0.05) is 0 Å². The molecule has 11 heteroatoms. The number of hydrogen-bond donors (Lipinski definition) is 2. The second-order valence-corrected chi connectivity index (χ2v) is 4.60. The van der Waals surface area contributed by atoms with E-state index < -0.39 is 31.3 Å². The molecular formula is C9H5N5O5S. The first-order chi connectivity index (χ1) is 9.29. The molecule has 1 rings (SSSR count). The van der Waals surface area contributed by atoms with Crippen molar-refractivity contribution >= 4 is 27.2 Å². The standard InChI is InChI=1S/C9H5N5O5S/c10-4-6(5-11)12-13-8-2-1-7(14(15)16)3-9(8)20(17,18)19/h1-3,13H,(H,17,18,19). The third-order valence-electron chi connectivity index (χ3n) is 1.95. The fourth-order valence-corrected chi connectivity index (χ4v) is 1.78. The van der Waals surface area contributed by atoms with E-state index >= 15 is 0 Å². The molecule has 0 unspecified atom stereocenters. The Bertz CT molecular complexity index is 755. The number of anilines is 1. The van der Waals surface area contributed by atoms with Gasteiger partial charge in [-0.25, -0.2) is 0 Å². The minimum atomic E-state index is -4.75. The van der Waals surface area contributed by atoms with E-state index in [0.717, 1.165) is 12.1 Å². The van der Waals surface area contributed by atoms with Gasteiger partial charge >= 0.3 is 0 Å². The summed E-state index contributed by atoms with van der Waals surface area (Å²) >= 11 is 0. The molecule has 2 N–H and O–H groups in total. The van der Waals surface area contributed by atoms with Crippen LogP contribution in [-0.4, -0.2) is 23.6 Å². The van der Waals surface area contributed by atoms with E-state index in [1.165, 1.54) is 12.1 Å². The maximum absolute atomic E-state index is 11.1. The fourth-order valence-electron chi connectivity index (χ4n) is 1.12. The number of hydrazone groups is 1. The van der Waals surface area contributed by atoms with Crippen molar-refractivity contribution in [1.82, 2.24) is 0 Å². The summed E-state index contributed by atoms with van der Waals surface area (Å²) in [5.41, 5.74) is 0.596. The number of non-ortho nitro benzene ring substituents is 1. The minimum absolute atomic E-state index is 0.318. The van der Waals surface area contributed by atoms with Crippen molar-refractivity contribution in [2.24, 2.45) is 5.10 Å². The van der Waals surface area contributed by atoms with Crippen molar-refractivity contribution in [3.63, 3.8) is 0 Å². The van der Waals surface area contributed by atoms with Crippen molar-refractivity contribution in [3.8, 4) is 12.1 Å². The van der Waals surface area contributed by atoms with Crippen LogP contribution in [0.4, 0.5) is 11.4 Å². The van der Waals surface area contributed by atoms with Crippen LogP contribution in [0.5, 0.6) is 0 Å². The lowest BCUT2D eigenvalue weighted by Gasteiger charge is -2.05. The highest BCUT2D eigenvalue weighted by Gasteiger charge is 2.20. The lowest BCUT2D eigenvalue weighted by molar-refractivity contribution is -0.385. The van der Waals surface area contributed by atoms with Crippen LogP contribution in [-0.2, 0) is 10.1 Å². The molecule has 0 aliphatic rings. The smallest absolute Gasteiger partial charge is 0.282 e. The SMILES string of the molecule is N#CC(C#N)=NNc1ccc([N+](=O)[O-])cc1S(=O)(=O)O. The highest BCUT2D eigenvalue weighted by molar-refractivity contribution is 7.86. The number of nitro benzene ring substituents is 1. The largest absolute Gasteiger partial charge is 0.296 e. The summed E-state index contributed by atoms with van der Waals surface area (Å²) in [4.78, 5) is 8.90. The molecule has 0 spiro atoms. The molecule has 0 bridgehead atoms. The highest BCUT2D eigenvalue weighted by atomic mass is 32.2. The monoisotopic (exact) mass is 295 g/mol. The lowest BCUT2D eigenvalue weighted by Crippen LogP contribution is -2.05. The molecule has 102 valence electrons. The summed E-state index contributed by atoms with van der Waals surface area (Å²) < 4.78 is 31.2. The molecular weight excluding hydrogens is 290 g/mol. The zero-order valence-corrected chi connectivity index (χ0v) is 10.3. The Morgan fingerprint density at radius 1 is 1.40 bits per heavy atom. The van der Waals surface area contributed by atoms with E-state index in [1.807, 2.05) is 0 Å². The Morgan fingerprint density at radius 2 is 2.00 bits per heavy atom. The van der Waals surface area contributed by atoms with Crippen molar-refractivity contribution in [3.05, 3.63) is 28.3 Å². The molecule has 0 heterocycles. The summed E-state index contributed by atoms with van der Waals surface area (Å²) in [5, 5.41) is 30.7. The van der Waals surface area contributed by atoms with Gasteiger partial charge in [-0.05, 0) is 6.07 Å². The average molecular weight is 295 g/mol. The maximum atomic E-state index is 11.1. The first kappa shape index (κ1) is 15.0. The molecule has 0 saturated carbocycles. The molecule has 1 aromatic rings. The molecule has 0 fully saturated rings. The van der Waals surface area contributed by atoms with E-state index in [9.17, 15) is 18.5 Å². The first-order valence-electron chi connectivity index (χ1n) is 4.69. The summed E-state index contributed by atoms with van der Waals surface area (Å²) in [5.74, 6) is 0. The molecule has 10 nitrogen and oxygen atoms in total. The van der Waals surface area contributed by atoms with Gasteiger partial charge in [-0.15, -0.1) is 0 Å². The molecule has 0 aromatic heterocycles. The Balaban J connectivity index is 3.35. The van der Waals surface area contributed by atoms with Gasteiger partial charge < -0.3 is 0 Å². The van der Waals surface area contributed by atoms with E-state index in [1.54, 1.807) is 0 Å². The van der Waals surface area contributed by atoms with E-state index in [4.69, 9.17) is 15.1 Å². The normalized spacial score (nSPS) is 9.95. The highest BCUT2D eigenvalue weighted by Crippen LogP contribution is 2.26. The van der Waals surface area contributed by atoms with Crippen LogP contribution >= 0.6 is 0 Å². The van der Waals surface area contributed by atoms with Crippen LogP contribution in [0.1, 0.15) is 0 Å². The third-order valence-corrected chi connectivity index (χ3v) is 2.85. The molecule has 0 saturated heterocycles. The third kappa shape index (κ3) is 3.49. The fraction of sp³-hybridized carbons (Fsp3) is 0. The van der Waals surface area contributed by atoms with Crippen LogP contribution < -0.4 is 5.43 Å². The minimum Gasteiger partial charge on any atom is -0.282 e. The predicted octanol–water partition coefficient (Wildman–Crippen LogP) is 0.657. The molecule has 1 aromatic carbocycles. The Kier molecular flexibility index (Phi) is 4.32. The Hall–Kier alpha value is -3.02. The summed E-state index contributed by atoms with van der Waals surface area (Å²) in [6.07, 6.45) is 0. The Morgan fingerprint density at radius 3 is 2.45 bits per heavy atom. The average Bonchev–Trinajstić information content (AvgIpc) is 2.38. The van der Waals surface area contributed by atoms with Crippen LogP contribution in [0.25, 0.3) is 0 Å². The van der Waals surface area contributed by atoms with E-state index in [-0.39, 0.29) is 5.69 Å². The summed E-state index contributed by atoms with van der Waals surface area (Å²) in [6, 6.07) is 5.38. The van der Waals surface area contributed by atoms with Gasteiger partial charge in [0.2, 0.25) is 5.71 Å². The van der Waals surface area contributed by atoms with Crippen molar-refractivity contribution in [2.75, 3.05) is 5.43 Å². The maximum Gasteiger partial charge on any atom is 0.296 e. The van der Waals surface area contributed by atoms with Gasteiger partial charge in [0.1, 0.15) is 17.0 Å². The van der Waals surface area contributed by atoms with Crippen LogP contribution in [0.15, 0.2) is 28.2 Å². The van der Waals surface area contributed by atoms with E-state index in [2.05, 4.69) is 10.5 Å². The van der Waals surface area contributed by atoms with Crippen molar-refractivity contribution in [2.45, 2.75) is 4.90 Å². The topological polar surface area (TPSA) is 169 Å². The van der Waals surface area contributed by atoms with Gasteiger partial charge in [0.25, 0.3) is 15.8 Å². The Labute approximate surface area is 112 Å². The van der Waals surface area contributed by atoms with Crippen LogP contribution in [0.3, 0.4) is 0 Å². The number of benzene rings is 1. The quantitative estimate of drug-likeness (QED) is 0.353. The van der Waals surface area contributed by atoms with E-state index in [0.29, 0.717) is 6.07 Å². The number of nitrogens with one attached hydrogen (secondary N) is 1. The zero-order valence-electron chi connectivity index (χ0n) is 9.51. The number of nitrogens with zero attached hydrogens (tertiary/aromatic N) is 4. The number of hydrogen-bond acceptors (Lipinski definition) is 8. The van der Waals surface area contributed by atoms with Gasteiger partial charge in [-0.3, -0.25) is 20.1 Å². The molecule has 0 atom stereocenters. The van der Waals surface area contributed by atoms with Gasteiger partial charge in [0.05, 0.1) is 10.6 Å². The number of nitriles is 2. The lowest BCUT2D eigenvalue weighted by atomic mass is 10.3. The van der Waals surface area contributed by atoms with Gasteiger partial charge in [0.15, 0.2) is 0 Å². The predicted molar refractivity (Wildman–Crippen MR) is 65.2 cm³/mol. The van der Waals surface area contributed by atoms with Crippen molar-refractivity contribution < 1.29 is 17.9 Å². The molecule has 0 aliphatic heterocycles. The summed E-state index contributed by atoms with van der Waals surface area (Å²) in [6.45, 7) is 0. The molecule has 0 radical (unpaired) electrons. The zero-order chi connectivity index (χ0) is 15.3. The molecule has 20 heavy (non-hydrogen) atoms. The van der Waals surface area contributed by atoms with Gasteiger partial charge in [-0.2, -0.15) is 24.0 Å². The van der Waals surface area contributed by atoms with Crippen LogP contribution in [0, 0.1) is 32.8 Å². The molecule has 0 amide bonds. The van der Waals surface area contributed by atoms with Crippen LogP contribution in [0.2, 0.25) is 0 Å². The second-order valence-electron chi connectivity index (χ2n) is 3.21.